The van der Waals surface area contributed by atoms with Crippen LogP contribution in [0.5, 0.6) is 0 Å². The van der Waals surface area contributed by atoms with Crippen molar-refractivity contribution in [2.75, 3.05) is 20.3 Å². The van der Waals surface area contributed by atoms with Gasteiger partial charge >= 0.3 is 0 Å². The van der Waals surface area contributed by atoms with Gasteiger partial charge in [-0.3, -0.25) is 0 Å². The van der Waals surface area contributed by atoms with Crippen LogP contribution in [0.1, 0.15) is 54.7 Å². The van der Waals surface area contributed by atoms with E-state index in [1.54, 1.807) is 11.1 Å². The molecule has 3 aromatic carbocycles. The highest BCUT2D eigenvalue weighted by atomic mass is 16.5. The van der Waals surface area contributed by atoms with Gasteiger partial charge in [0.25, 0.3) is 0 Å². The minimum Gasteiger partial charge on any atom is -0.385 e. The summed E-state index contributed by atoms with van der Waals surface area (Å²) in [5.41, 5.74) is 13.1. The summed E-state index contributed by atoms with van der Waals surface area (Å²) in [5, 5.41) is 0. The monoisotopic (exact) mass is 485 g/mol. The lowest BCUT2D eigenvalue weighted by atomic mass is 9.80. The van der Waals surface area contributed by atoms with E-state index in [9.17, 15) is 0 Å². The first-order valence-electron chi connectivity index (χ1n) is 13.6. The third kappa shape index (κ3) is 4.74. The zero-order valence-electron chi connectivity index (χ0n) is 21.7. The smallest absolute Gasteiger partial charge is 0.0479 e. The first-order chi connectivity index (χ1) is 18.3. The molecule has 0 bridgehead atoms. The lowest BCUT2D eigenvalue weighted by molar-refractivity contribution is 0.186. The van der Waals surface area contributed by atoms with Crippen LogP contribution in [0.15, 0.2) is 125 Å². The molecule has 37 heavy (non-hydrogen) atoms. The van der Waals surface area contributed by atoms with E-state index in [-0.39, 0.29) is 0 Å². The van der Waals surface area contributed by atoms with Gasteiger partial charge in [0.1, 0.15) is 0 Å². The number of ether oxygens (including phenoxy) is 1. The molecular formula is C35H35NO. The predicted octanol–water partition coefficient (Wildman–Crippen LogP) is 8.39. The van der Waals surface area contributed by atoms with Crippen LogP contribution in [-0.4, -0.2) is 25.2 Å². The molecule has 0 saturated carbocycles. The third-order valence-electron chi connectivity index (χ3n) is 7.92. The van der Waals surface area contributed by atoms with Crippen molar-refractivity contribution in [2.45, 2.75) is 38.0 Å². The van der Waals surface area contributed by atoms with E-state index >= 15 is 0 Å². The first-order valence-corrected chi connectivity index (χ1v) is 13.6. The maximum absolute atomic E-state index is 5.50. The van der Waals surface area contributed by atoms with Gasteiger partial charge in [-0.2, -0.15) is 0 Å². The van der Waals surface area contributed by atoms with Gasteiger partial charge in [-0.15, -0.1) is 0 Å². The Morgan fingerprint density at radius 2 is 1.16 bits per heavy atom. The van der Waals surface area contributed by atoms with Crippen molar-refractivity contribution in [2.24, 2.45) is 0 Å². The Bertz CT molecular complexity index is 1280. The second-order valence-corrected chi connectivity index (χ2v) is 10.2. The van der Waals surface area contributed by atoms with Gasteiger partial charge in [-0.25, -0.2) is 0 Å². The van der Waals surface area contributed by atoms with Gasteiger partial charge in [0.15, 0.2) is 0 Å². The Morgan fingerprint density at radius 3 is 1.65 bits per heavy atom. The fourth-order valence-electron chi connectivity index (χ4n) is 6.42. The molecule has 1 aliphatic heterocycles. The Kier molecular flexibility index (Phi) is 6.92. The fourth-order valence-corrected chi connectivity index (χ4v) is 6.42. The number of methoxy groups -OCH3 is 1. The van der Waals surface area contributed by atoms with Crippen LogP contribution < -0.4 is 0 Å². The molecule has 6 rings (SSSR count). The van der Waals surface area contributed by atoms with Crippen LogP contribution >= 0.6 is 0 Å². The molecule has 0 spiro atoms. The van der Waals surface area contributed by atoms with E-state index in [1.807, 2.05) is 7.11 Å². The van der Waals surface area contributed by atoms with E-state index in [0.717, 1.165) is 45.3 Å². The zero-order valence-corrected chi connectivity index (χ0v) is 21.7. The molecule has 0 radical (unpaired) electrons. The second kappa shape index (κ2) is 10.8. The summed E-state index contributed by atoms with van der Waals surface area (Å²) in [4.78, 5) is 2.67. The molecule has 0 unspecified atom stereocenters. The predicted molar refractivity (Wildman–Crippen MR) is 154 cm³/mol. The average Bonchev–Trinajstić information content (AvgIpc) is 3.55. The molecule has 0 fully saturated rings. The summed E-state index contributed by atoms with van der Waals surface area (Å²) in [6.45, 7) is 1.75. The van der Waals surface area contributed by atoms with Gasteiger partial charge in [0.2, 0.25) is 0 Å². The standard InChI is InChI=1S/C35H35NO/c1-37-23-11-22-36-34-29(24-26-12-5-2-6-13-26)18-20-31(34)33(28-16-9-4-10-17-28)32-21-19-30(35(32)36)25-27-14-7-3-8-15-27/h2-10,12-17,24-25,33H,11,18-23H2,1H3/b29-24+,30-25+. The topological polar surface area (TPSA) is 12.5 Å². The Balaban J connectivity index is 1.52. The third-order valence-corrected chi connectivity index (χ3v) is 7.92. The van der Waals surface area contributed by atoms with Crippen molar-refractivity contribution >= 4 is 12.2 Å². The minimum atomic E-state index is 0.369. The lowest BCUT2D eigenvalue weighted by Gasteiger charge is -2.38. The molecule has 1 heterocycles. The summed E-state index contributed by atoms with van der Waals surface area (Å²) in [7, 11) is 1.81. The molecule has 0 N–H and O–H groups in total. The van der Waals surface area contributed by atoms with Gasteiger partial charge in [0.05, 0.1) is 0 Å². The maximum Gasteiger partial charge on any atom is 0.0479 e. The second-order valence-electron chi connectivity index (χ2n) is 10.2. The van der Waals surface area contributed by atoms with Crippen molar-refractivity contribution in [3.8, 4) is 0 Å². The molecular weight excluding hydrogens is 450 g/mol. The summed E-state index contributed by atoms with van der Waals surface area (Å²) >= 11 is 0. The highest BCUT2D eigenvalue weighted by Gasteiger charge is 2.42. The van der Waals surface area contributed by atoms with Crippen molar-refractivity contribution in [1.82, 2.24) is 4.90 Å². The summed E-state index contributed by atoms with van der Waals surface area (Å²) in [6, 6.07) is 32.8. The van der Waals surface area contributed by atoms with Crippen molar-refractivity contribution in [3.05, 3.63) is 141 Å². The van der Waals surface area contributed by atoms with Gasteiger partial charge < -0.3 is 9.64 Å². The SMILES string of the molecule is COCCCN1C2=C(CC/C2=C\c2ccccc2)C(c2ccccc2)C2=C1/C(=C/c1ccccc1)CC2. The highest BCUT2D eigenvalue weighted by molar-refractivity contribution is 5.69. The Morgan fingerprint density at radius 1 is 0.676 bits per heavy atom. The number of hydrogen-bond acceptors (Lipinski definition) is 2. The van der Waals surface area contributed by atoms with Crippen LogP contribution in [0, 0.1) is 0 Å². The zero-order chi connectivity index (χ0) is 25.0. The largest absolute Gasteiger partial charge is 0.385 e. The van der Waals surface area contributed by atoms with Crippen LogP contribution in [0.4, 0.5) is 0 Å². The van der Waals surface area contributed by atoms with Crippen LogP contribution in [0.2, 0.25) is 0 Å². The first kappa shape index (κ1) is 23.8. The van der Waals surface area contributed by atoms with E-state index < -0.39 is 0 Å². The van der Waals surface area contributed by atoms with E-state index in [4.69, 9.17) is 4.74 Å². The fraction of sp³-hybridized carbons (Fsp3) is 0.257. The lowest BCUT2D eigenvalue weighted by Crippen LogP contribution is -2.31. The summed E-state index contributed by atoms with van der Waals surface area (Å²) < 4.78 is 5.50. The molecule has 2 nitrogen and oxygen atoms in total. The van der Waals surface area contributed by atoms with Crippen molar-refractivity contribution in [3.63, 3.8) is 0 Å². The summed E-state index contributed by atoms with van der Waals surface area (Å²) in [5.74, 6) is 0.369. The van der Waals surface area contributed by atoms with Crippen molar-refractivity contribution in [1.29, 1.82) is 0 Å². The Hall–Kier alpha value is -3.62. The van der Waals surface area contributed by atoms with Gasteiger partial charge in [-0.1, -0.05) is 91.0 Å². The Labute approximate surface area is 221 Å². The average molecular weight is 486 g/mol. The maximum atomic E-state index is 5.50. The number of hydrogen-bond donors (Lipinski definition) is 0. The van der Waals surface area contributed by atoms with E-state index in [2.05, 4.69) is 108 Å². The molecule has 186 valence electrons. The quantitative estimate of drug-likeness (QED) is 0.312. The molecule has 3 aliphatic rings. The molecule has 3 aromatic rings. The van der Waals surface area contributed by atoms with Crippen LogP contribution in [-0.2, 0) is 4.74 Å². The minimum absolute atomic E-state index is 0.369. The number of benzene rings is 3. The number of rotatable bonds is 7. The van der Waals surface area contributed by atoms with E-state index in [1.165, 1.54) is 39.2 Å². The van der Waals surface area contributed by atoms with Gasteiger partial charge in [0, 0.05) is 37.6 Å². The molecule has 2 heteroatoms. The summed E-state index contributed by atoms with van der Waals surface area (Å²) in [6.07, 6.45) is 10.3. The molecule has 0 aromatic heterocycles. The van der Waals surface area contributed by atoms with E-state index in [0.29, 0.717) is 5.92 Å². The van der Waals surface area contributed by atoms with Crippen LogP contribution in [0.25, 0.3) is 12.2 Å². The highest BCUT2D eigenvalue weighted by Crippen LogP contribution is 2.55. The molecule has 0 atom stereocenters. The number of nitrogens with zero attached hydrogens (tertiary/aromatic N) is 1. The molecule has 2 aliphatic carbocycles. The van der Waals surface area contributed by atoms with Crippen molar-refractivity contribution < 1.29 is 4.74 Å². The number of allylic oxidation sites excluding steroid dienone is 4. The van der Waals surface area contributed by atoms with Gasteiger partial charge in [-0.05, 0) is 83.2 Å². The normalized spacial score (nSPS) is 21.2. The molecule has 0 amide bonds. The molecule has 0 saturated heterocycles. The van der Waals surface area contributed by atoms with Crippen LogP contribution in [0.3, 0.4) is 0 Å².